The molecule has 126 valence electrons. The zero-order valence-electron chi connectivity index (χ0n) is 13.9. The second-order valence-corrected chi connectivity index (χ2v) is 7.45. The first-order valence-electron chi connectivity index (χ1n) is 8.93. The Morgan fingerprint density at radius 2 is 2.09 bits per heavy atom. The highest BCUT2D eigenvalue weighted by atomic mass is 16.2. The van der Waals surface area contributed by atoms with E-state index in [1.807, 2.05) is 18.1 Å². The van der Waals surface area contributed by atoms with Gasteiger partial charge in [0.2, 0.25) is 0 Å². The highest BCUT2D eigenvalue weighted by molar-refractivity contribution is 5.74. The highest BCUT2D eigenvalue weighted by Crippen LogP contribution is 2.46. The zero-order valence-corrected chi connectivity index (χ0v) is 13.9. The minimum absolute atomic E-state index is 0.0569. The molecule has 6 heteroatoms. The molecule has 2 saturated carbocycles. The van der Waals surface area contributed by atoms with Crippen LogP contribution in [0.1, 0.15) is 31.2 Å². The fraction of sp³-hybridized carbons (Fsp3) is 0.765. The quantitative estimate of drug-likeness (QED) is 0.918. The van der Waals surface area contributed by atoms with Gasteiger partial charge in [0.25, 0.3) is 0 Å². The number of urea groups is 1. The number of piperazine rings is 1. The lowest BCUT2D eigenvalue weighted by Gasteiger charge is -2.40. The average molecular weight is 317 g/mol. The third-order valence-electron chi connectivity index (χ3n) is 5.97. The van der Waals surface area contributed by atoms with Gasteiger partial charge in [-0.25, -0.2) is 4.79 Å². The number of nitrogens with one attached hydrogen (secondary N) is 1. The maximum atomic E-state index is 12.3. The van der Waals surface area contributed by atoms with Crippen LogP contribution in [-0.4, -0.2) is 57.8 Å². The fourth-order valence-corrected chi connectivity index (χ4v) is 4.77. The second-order valence-electron chi connectivity index (χ2n) is 7.45. The van der Waals surface area contributed by atoms with Crippen molar-refractivity contribution in [3.63, 3.8) is 0 Å². The van der Waals surface area contributed by atoms with Crippen molar-refractivity contribution < 1.29 is 4.79 Å². The van der Waals surface area contributed by atoms with Crippen LogP contribution in [0.2, 0.25) is 0 Å². The maximum Gasteiger partial charge on any atom is 0.317 e. The topological polar surface area (TPSA) is 53.4 Å². The second kappa shape index (κ2) is 6.15. The van der Waals surface area contributed by atoms with Crippen molar-refractivity contribution in [1.82, 2.24) is 24.9 Å². The first-order valence-corrected chi connectivity index (χ1v) is 8.93. The fourth-order valence-electron chi connectivity index (χ4n) is 4.77. The minimum Gasteiger partial charge on any atom is -0.334 e. The number of rotatable bonds is 3. The molecular weight excluding hydrogens is 290 g/mol. The van der Waals surface area contributed by atoms with Crippen LogP contribution < -0.4 is 5.32 Å². The number of aromatic nitrogens is 2. The van der Waals surface area contributed by atoms with Gasteiger partial charge in [0.1, 0.15) is 0 Å². The third-order valence-corrected chi connectivity index (χ3v) is 5.97. The summed E-state index contributed by atoms with van der Waals surface area (Å²) in [6, 6.07) is 0.857. The smallest absolute Gasteiger partial charge is 0.317 e. The van der Waals surface area contributed by atoms with Gasteiger partial charge in [0.05, 0.1) is 6.20 Å². The molecule has 1 aromatic rings. The lowest BCUT2D eigenvalue weighted by atomic mass is 9.93. The molecule has 4 rings (SSSR count). The predicted octanol–water partition coefficient (Wildman–Crippen LogP) is 1.44. The van der Waals surface area contributed by atoms with Gasteiger partial charge in [-0.05, 0) is 31.1 Å². The van der Waals surface area contributed by atoms with Crippen LogP contribution in [0.25, 0.3) is 0 Å². The Kier molecular flexibility index (Phi) is 4.01. The van der Waals surface area contributed by atoms with E-state index in [1.54, 1.807) is 10.9 Å². The zero-order chi connectivity index (χ0) is 15.8. The summed E-state index contributed by atoms with van der Waals surface area (Å²) < 4.78 is 1.76. The highest BCUT2D eigenvalue weighted by Gasteiger charge is 2.42. The molecule has 1 aromatic heterocycles. The van der Waals surface area contributed by atoms with E-state index in [1.165, 1.54) is 25.7 Å². The van der Waals surface area contributed by atoms with Gasteiger partial charge < -0.3 is 10.2 Å². The summed E-state index contributed by atoms with van der Waals surface area (Å²) in [7, 11) is 1.89. The van der Waals surface area contributed by atoms with Crippen LogP contribution in [0.3, 0.4) is 0 Å². The largest absolute Gasteiger partial charge is 0.334 e. The van der Waals surface area contributed by atoms with E-state index in [2.05, 4.69) is 15.3 Å². The molecule has 0 spiro atoms. The number of aryl methyl sites for hydroxylation is 1. The summed E-state index contributed by atoms with van der Waals surface area (Å²) in [5.41, 5.74) is 1.04. The molecule has 2 aliphatic carbocycles. The van der Waals surface area contributed by atoms with E-state index in [0.29, 0.717) is 6.54 Å². The number of hydrogen-bond acceptors (Lipinski definition) is 3. The van der Waals surface area contributed by atoms with Crippen LogP contribution in [-0.2, 0) is 13.6 Å². The molecule has 1 aliphatic heterocycles. The van der Waals surface area contributed by atoms with E-state index in [-0.39, 0.29) is 6.03 Å². The van der Waals surface area contributed by atoms with Crippen LogP contribution in [0.15, 0.2) is 12.4 Å². The molecule has 3 aliphatic rings. The van der Waals surface area contributed by atoms with Crippen molar-refractivity contribution in [3.8, 4) is 0 Å². The molecule has 23 heavy (non-hydrogen) atoms. The molecule has 3 atom stereocenters. The lowest BCUT2D eigenvalue weighted by Crippen LogP contribution is -2.55. The van der Waals surface area contributed by atoms with Crippen molar-refractivity contribution in [2.45, 2.75) is 38.3 Å². The molecule has 2 amide bonds. The van der Waals surface area contributed by atoms with Gasteiger partial charge >= 0.3 is 6.03 Å². The van der Waals surface area contributed by atoms with Crippen molar-refractivity contribution in [3.05, 3.63) is 18.0 Å². The number of amides is 2. The number of nitrogens with zero attached hydrogens (tertiary/aromatic N) is 4. The van der Waals surface area contributed by atoms with E-state index in [0.717, 1.165) is 49.6 Å². The van der Waals surface area contributed by atoms with Gasteiger partial charge in [-0.2, -0.15) is 5.10 Å². The Morgan fingerprint density at radius 3 is 2.70 bits per heavy atom. The molecule has 3 fully saturated rings. The minimum atomic E-state index is 0.0569. The van der Waals surface area contributed by atoms with E-state index in [4.69, 9.17) is 0 Å². The van der Waals surface area contributed by atoms with Crippen LogP contribution >= 0.6 is 0 Å². The average Bonchev–Trinajstić information content (AvgIpc) is 3.29. The number of hydrogen-bond donors (Lipinski definition) is 1. The molecule has 6 nitrogen and oxygen atoms in total. The maximum absolute atomic E-state index is 12.3. The monoisotopic (exact) mass is 317 g/mol. The van der Waals surface area contributed by atoms with Crippen LogP contribution in [0, 0.1) is 11.8 Å². The molecule has 1 N–H and O–H groups in total. The summed E-state index contributed by atoms with van der Waals surface area (Å²) in [5, 5.41) is 7.13. The van der Waals surface area contributed by atoms with Crippen LogP contribution in [0.5, 0.6) is 0 Å². The van der Waals surface area contributed by atoms with Crippen molar-refractivity contribution in [2.24, 2.45) is 18.9 Å². The summed E-state index contributed by atoms with van der Waals surface area (Å²) in [6.07, 6.45) is 9.48. The van der Waals surface area contributed by atoms with E-state index < -0.39 is 0 Å². The number of carbonyl (C=O) groups excluding carboxylic acids is 1. The SMILES string of the molecule is Cn1cc(CNC(=O)N2CCN([C@H]3C[C@@H]4CC[C@@H]3C4)CC2)cn1. The molecule has 0 radical (unpaired) electrons. The Labute approximate surface area is 137 Å². The van der Waals surface area contributed by atoms with Gasteiger partial charge in [-0.3, -0.25) is 9.58 Å². The van der Waals surface area contributed by atoms with Crippen molar-refractivity contribution in [1.29, 1.82) is 0 Å². The van der Waals surface area contributed by atoms with E-state index >= 15 is 0 Å². The van der Waals surface area contributed by atoms with Gasteiger partial charge in [-0.15, -0.1) is 0 Å². The van der Waals surface area contributed by atoms with Gasteiger partial charge in [0.15, 0.2) is 0 Å². The molecule has 1 saturated heterocycles. The van der Waals surface area contributed by atoms with Gasteiger partial charge in [-0.1, -0.05) is 6.42 Å². The van der Waals surface area contributed by atoms with Crippen molar-refractivity contribution in [2.75, 3.05) is 26.2 Å². The van der Waals surface area contributed by atoms with Crippen LogP contribution in [0.4, 0.5) is 4.79 Å². The summed E-state index contributed by atoms with van der Waals surface area (Å²) in [5.74, 6) is 1.93. The molecule has 2 heterocycles. The normalized spacial score (nSPS) is 30.8. The summed E-state index contributed by atoms with van der Waals surface area (Å²) in [4.78, 5) is 16.9. The van der Waals surface area contributed by atoms with Crippen molar-refractivity contribution >= 4 is 6.03 Å². The Morgan fingerprint density at radius 1 is 1.26 bits per heavy atom. The summed E-state index contributed by atoms with van der Waals surface area (Å²) >= 11 is 0. The Bertz CT molecular complexity index is 563. The molecular formula is C17H27N5O. The molecule has 2 bridgehead atoms. The van der Waals surface area contributed by atoms with Gasteiger partial charge in [0, 0.05) is 57.6 Å². The first-order chi connectivity index (χ1) is 11.2. The summed E-state index contributed by atoms with van der Waals surface area (Å²) in [6.45, 7) is 4.33. The lowest BCUT2D eigenvalue weighted by molar-refractivity contribution is 0.0826. The standard InChI is InChI=1S/C17H27N5O/c1-20-12-14(11-19-20)10-18-17(23)22-6-4-21(5-7-22)16-9-13-2-3-15(16)8-13/h11-13,15-16H,2-10H2,1H3,(H,18,23)/t13-,15-,16+/m1/s1. The predicted molar refractivity (Wildman–Crippen MR) is 87.8 cm³/mol. The molecule has 0 aromatic carbocycles. The first kappa shape index (κ1) is 15.0. The molecule has 0 unspecified atom stereocenters. The number of fused-ring (bicyclic) bond motifs is 2. The number of carbonyl (C=O) groups is 1. The Balaban J connectivity index is 1.23. The third kappa shape index (κ3) is 3.09. The van der Waals surface area contributed by atoms with E-state index in [9.17, 15) is 4.79 Å². The Hall–Kier alpha value is -1.56.